The van der Waals surface area contributed by atoms with Crippen LogP contribution in [0.4, 0.5) is 4.79 Å². The molecule has 1 aromatic rings. The van der Waals surface area contributed by atoms with Crippen LogP contribution in [0.15, 0.2) is 29.3 Å². The molecule has 2 aliphatic heterocycles. The van der Waals surface area contributed by atoms with Gasteiger partial charge in [-0.05, 0) is 6.07 Å². The summed E-state index contributed by atoms with van der Waals surface area (Å²) >= 11 is 0. The second-order valence-electron chi connectivity index (χ2n) is 5.04. The van der Waals surface area contributed by atoms with E-state index in [-0.39, 0.29) is 18.5 Å². The Labute approximate surface area is 117 Å². The standard InChI is InChI=1S/C15H15N3O2/c1-3-8-18-14(19)17-13(16)15(18)10(2)9-20-12-7-5-4-6-11(12)15/h1,4-7,10H,8-9H2,2H3,(H2,16,17,19). The number of ether oxygens (including phenoxy) is 1. The molecule has 0 bridgehead atoms. The van der Waals surface area contributed by atoms with Crippen LogP contribution >= 0.6 is 0 Å². The van der Waals surface area contributed by atoms with Gasteiger partial charge in [0.2, 0.25) is 0 Å². The Morgan fingerprint density at radius 2 is 2.35 bits per heavy atom. The average molecular weight is 269 g/mol. The van der Waals surface area contributed by atoms with Gasteiger partial charge in [-0.1, -0.05) is 31.0 Å². The zero-order valence-corrected chi connectivity index (χ0v) is 11.2. The summed E-state index contributed by atoms with van der Waals surface area (Å²) in [6.07, 6.45) is 5.40. The lowest BCUT2D eigenvalue weighted by Crippen LogP contribution is -2.58. The predicted molar refractivity (Wildman–Crippen MR) is 75.3 cm³/mol. The quantitative estimate of drug-likeness (QED) is 0.782. The number of amidine groups is 1. The first-order valence-electron chi connectivity index (χ1n) is 6.44. The van der Waals surface area contributed by atoms with Gasteiger partial charge in [-0.2, -0.15) is 4.99 Å². The number of aliphatic imine (C=N–C) groups is 1. The van der Waals surface area contributed by atoms with E-state index in [1.54, 1.807) is 4.90 Å². The number of benzene rings is 1. The van der Waals surface area contributed by atoms with Crippen LogP contribution in [0, 0.1) is 18.3 Å². The van der Waals surface area contributed by atoms with Gasteiger partial charge >= 0.3 is 6.03 Å². The molecule has 2 aliphatic rings. The van der Waals surface area contributed by atoms with Gasteiger partial charge in [-0.3, -0.25) is 4.90 Å². The molecule has 102 valence electrons. The maximum atomic E-state index is 12.1. The number of nitrogens with zero attached hydrogens (tertiary/aromatic N) is 2. The Kier molecular flexibility index (Phi) is 2.68. The van der Waals surface area contributed by atoms with E-state index >= 15 is 0 Å². The molecule has 0 fully saturated rings. The Hall–Kier alpha value is -2.48. The van der Waals surface area contributed by atoms with E-state index in [1.807, 2.05) is 31.2 Å². The van der Waals surface area contributed by atoms with Crippen LogP contribution < -0.4 is 10.5 Å². The van der Waals surface area contributed by atoms with Gasteiger partial charge in [-0.15, -0.1) is 6.42 Å². The van der Waals surface area contributed by atoms with Crippen molar-refractivity contribution in [3.8, 4) is 18.1 Å². The lowest BCUT2D eigenvalue weighted by Gasteiger charge is -2.45. The van der Waals surface area contributed by atoms with Crippen LogP contribution in [0.2, 0.25) is 0 Å². The molecule has 5 heteroatoms. The van der Waals surface area contributed by atoms with Crippen LogP contribution in [0.1, 0.15) is 12.5 Å². The number of carbonyl (C=O) groups is 1. The molecule has 0 saturated heterocycles. The van der Waals surface area contributed by atoms with E-state index in [4.69, 9.17) is 16.9 Å². The summed E-state index contributed by atoms with van der Waals surface area (Å²) in [5.41, 5.74) is 6.18. The molecule has 0 aliphatic carbocycles. The molecule has 3 rings (SSSR count). The first-order chi connectivity index (χ1) is 9.62. The molecule has 5 nitrogen and oxygen atoms in total. The van der Waals surface area contributed by atoms with Crippen molar-refractivity contribution in [1.29, 1.82) is 0 Å². The van der Waals surface area contributed by atoms with Gasteiger partial charge in [0, 0.05) is 11.5 Å². The third-order valence-electron chi connectivity index (χ3n) is 4.01. The minimum absolute atomic E-state index is 0.0269. The Bertz CT molecular complexity index is 647. The van der Waals surface area contributed by atoms with Crippen molar-refractivity contribution in [2.24, 2.45) is 16.6 Å². The summed E-state index contributed by atoms with van der Waals surface area (Å²) in [6, 6.07) is 7.18. The van der Waals surface area contributed by atoms with Gasteiger partial charge in [-0.25, -0.2) is 4.79 Å². The van der Waals surface area contributed by atoms with Crippen molar-refractivity contribution in [3.63, 3.8) is 0 Å². The summed E-state index contributed by atoms with van der Waals surface area (Å²) in [6.45, 7) is 2.61. The third kappa shape index (κ3) is 1.39. The molecule has 2 atom stereocenters. The fourth-order valence-electron chi connectivity index (χ4n) is 3.13. The Morgan fingerprint density at radius 1 is 1.60 bits per heavy atom. The summed E-state index contributed by atoms with van der Waals surface area (Å²) in [7, 11) is 0. The molecule has 20 heavy (non-hydrogen) atoms. The highest BCUT2D eigenvalue weighted by molar-refractivity contribution is 6.07. The topological polar surface area (TPSA) is 67.9 Å². The molecule has 0 radical (unpaired) electrons. The highest BCUT2D eigenvalue weighted by Crippen LogP contribution is 2.47. The van der Waals surface area contributed by atoms with Crippen LogP contribution in [0.25, 0.3) is 0 Å². The second-order valence-corrected chi connectivity index (χ2v) is 5.04. The molecule has 2 amide bonds. The Morgan fingerprint density at radius 3 is 3.10 bits per heavy atom. The zero-order chi connectivity index (χ0) is 14.3. The highest BCUT2D eigenvalue weighted by atomic mass is 16.5. The van der Waals surface area contributed by atoms with E-state index in [0.717, 1.165) is 11.3 Å². The molecular formula is C15H15N3O2. The number of nitrogens with two attached hydrogens (primary N) is 1. The van der Waals surface area contributed by atoms with Gasteiger partial charge in [0.1, 0.15) is 17.1 Å². The first kappa shape index (κ1) is 12.5. The van der Waals surface area contributed by atoms with Gasteiger partial charge in [0.15, 0.2) is 0 Å². The van der Waals surface area contributed by atoms with E-state index in [2.05, 4.69) is 10.9 Å². The molecule has 0 saturated carbocycles. The van der Waals surface area contributed by atoms with E-state index in [0.29, 0.717) is 12.4 Å². The SMILES string of the molecule is C#CCN1C(=O)N=C(N)C12c1ccccc1OCC2C. The van der Waals surface area contributed by atoms with Gasteiger partial charge < -0.3 is 10.5 Å². The summed E-state index contributed by atoms with van der Waals surface area (Å²) in [4.78, 5) is 17.6. The lowest BCUT2D eigenvalue weighted by molar-refractivity contribution is 0.0886. The average Bonchev–Trinajstić information content (AvgIpc) is 2.68. The zero-order valence-electron chi connectivity index (χ0n) is 11.2. The van der Waals surface area contributed by atoms with Crippen LogP contribution in [0.3, 0.4) is 0 Å². The third-order valence-corrected chi connectivity index (χ3v) is 4.01. The monoisotopic (exact) mass is 269 g/mol. The van der Waals surface area contributed by atoms with Gasteiger partial charge in [0.05, 0.1) is 13.2 Å². The maximum absolute atomic E-state index is 12.1. The van der Waals surface area contributed by atoms with Crippen molar-refractivity contribution < 1.29 is 9.53 Å². The summed E-state index contributed by atoms with van der Waals surface area (Å²) in [5, 5.41) is 0. The second kappa shape index (κ2) is 4.27. The molecular weight excluding hydrogens is 254 g/mol. The van der Waals surface area contributed by atoms with Gasteiger partial charge in [0.25, 0.3) is 0 Å². The number of terminal acetylenes is 1. The minimum atomic E-state index is -0.793. The fraction of sp³-hybridized carbons (Fsp3) is 0.333. The van der Waals surface area contributed by atoms with Crippen molar-refractivity contribution in [3.05, 3.63) is 29.8 Å². The van der Waals surface area contributed by atoms with E-state index < -0.39 is 5.54 Å². The first-order valence-corrected chi connectivity index (χ1v) is 6.44. The molecule has 2 heterocycles. The number of hydrogen-bond acceptors (Lipinski definition) is 3. The molecule has 2 N–H and O–H groups in total. The van der Waals surface area contributed by atoms with Crippen molar-refractivity contribution >= 4 is 11.9 Å². The number of carbonyl (C=O) groups excluding carboxylic acids is 1. The summed E-state index contributed by atoms with van der Waals surface area (Å²) < 4.78 is 5.73. The predicted octanol–water partition coefficient (Wildman–Crippen LogP) is 1.34. The van der Waals surface area contributed by atoms with Crippen LogP contribution in [-0.2, 0) is 5.54 Å². The lowest BCUT2D eigenvalue weighted by atomic mass is 9.75. The molecule has 1 aromatic carbocycles. The number of fused-ring (bicyclic) bond motifs is 2. The number of amides is 2. The number of urea groups is 1. The molecule has 0 aromatic heterocycles. The fourth-order valence-corrected chi connectivity index (χ4v) is 3.13. The summed E-state index contributed by atoms with van der Waals surface area (Å²) in [5.74, 6) is 3.51. The molecule has 2 unspecified atom stereocenters. The minimum Gasteiger partial charge on any atom is -0.493 e. The van der Waals surface area contributed by atoms with E-state index in [1.165, 1.54) is 0 Å². The van der Waals surface area contributed by atoms with Crippen molar-refractivity contribution in [2.45, 2.75) is 12.5 Å². The van der Waals surface area contributed by atoms with Crippen LogP contribution in [0.5, 0.6) is 5.75 Å². The normalized spacial score (nSPS) is 27.8. The molecule has 1 spiro atoms. The number of rotatable bonds is 1. The van der Waals surface area contributed by atoms with Crippen LogP contribution in [-0.4, -0.2) is 29.9 Å². The Balaban J connectivity index is 2.26. The highest BCUT2D eigenvalue weighted by Gasteiger charge is 2.56. The number of para-hydroxylation sites is 1. The largest absolute Gasteiger partial charge is 0.493 e. The smallest absolute Gasteiger partial charge is 0.347 e. The van der Waals surface area contributed by atoms with Crippen molar-refractivity contribution in [1.82, 2.24) is 4.90 Å². The maximum Gasteiger partial charge on any atom is 0.347 e. The number of hydrogen-bond donors (Lipinski definition) is 1. The van der Waals surface area contributed by atoms with E-state index in [9.17, 15) is 4.79 Å². The van der Waals surface area contributed by atoms with Crippen molar-refractivity contribution in [2.75, 3.05) is 13.2 Å².